The first kappa shape index (κ1) is 12.4. The van der Waals surface area contributed by atoms with E-state index in [0.29, 0.717) is 12.3 Å². The van der Waals surface area contributed by atoms with Gasteiger partial charge in [-0.15, -0.1) is 0 Å². The lowest BCUT2D eigenvalue weighted by Crippen LogP contribution is -2.21. The van der Waals surface area contributed by atoms with Crippen LogP contribution in [-0.4, -0.2) is 26.9 Å². The van der Waals surface area contributed by atoms with Gasteiger partial charge in [0.05, 0.1) is 17.6 Å². The van der Waals surface area contributed by atoms with Gasteiger partial charge in [-0.2, -0.15) is 0 Å². The van der Waals surface area contributed by atoms with E-state index in [-0.39, 0.29) is 17.6 Å². The molecule has 1 unspecified atom stereocenters. The predicted octanol–water partition coefficient (Wildman–Crippen LogP) is 1.36. The number of hydrogen-bond donors (Lipinski definition) is 1. The van der Waals surface area contributed by atoms with Gasteiger partial charge in [-0.25, -0.2) is 8.42 Å². The van der Waals surface area contributed by atoms with Crippen molar-refractivity contribution >= 4 is 15.5 Å². The summed E-state index contributed by atoms with van der Waals surface area (Å²) in [4.78, 5) is 0. The number of ether oxygens (including phenoxy) is 1. The van der Waals surface area contributed by atoms with Crippen LogP contribution in [0.25, 0.3) is 0 Å². The average molecular weight is 255 g/mol. The van der Waals surface area contributed by atoms with E-state index in [1.165, 1.54) is 0 Å². The smallest absolute Gasteiger partial charge is 0.156 e. The molecular weight excluding hydrogens is 238 g/mol. The van der Waals surface area contributed by atoms with E-state index < -0.39 is 9.84 Å². The first-order chi connectivity index (χ1) is 8.05. The summed E-state index contributed by atoms with van der Waals surface area (Å²) in [5.74, 6) is 0.152. The highest BCUT2D eigenvalue weighted by Gasteiger charge is 2.23. The normalized spacial score (nSPS) is 20.6. The van der Waals surface area contributed by atoms with Crippen molar-refractivity contribution in [2.75, 3.05) is 18.1 Å². The molecule has 1 aromatic rings. The Bertz CT molecular complexity index is 478. The zero-order valence-corrected chi connectivity index (χ0v) is 10.4. The number of nitrogen functional groups attached to an aromatic ring is 1. The number of rotatable bonds is 4. The zero-order valence-electron chi connectivity index (χ0n) is 9.63. The maximum atomic E-state index is 11.9. The topological polar surface area (TPSA) is 69.4 Å². The molecule has 2 N–H and O–H groups in total. The van der Waals surface area contributed by atoms with Crippen molar-refractivity contribution in [2.24, 2.45) is 0 Å². The summed E-state index contributed by atoms with van der Waals surface area (Å²) >= 11 is 0. The number of nitrogens with two attached hydrogens (primary N) is 1. The van der Waals surface area contributed by atoms with Crippen LogP contribution in [-0.2, 0) is 20.3 Å². The Hall–Kier alpha value is -1.07. The van der Waals surface area contributed by atoms with Gasteiger partial charge in [0, 0.05) is 12.3 Å². The van der Waals surface area contributed by atoms with Crippen LogP contribution in [0.2, 0.25) is 0 Å². The molecule has 1 atom stereocenters. The van der Waals surface area contributed by atoms with Crippen LogP contribution in [0, 0.1) is 0 Å². The van der Waals surface area contributed by atoms with Crippen LogP contribution in [0.3, 0.4) is 0 Å². The van der Waals surface area contributed by atoms with Crippen molar-refractivity contribution in [3.05, 3.63) is 29.8 Å². The Kier molecular flexibility index (Phi) is 3.69. The molecule has 0 saturated carbocycles. The van der Waals surface area contributed by atoms with E-state index in [0.717, 1.165) is 18.4 Å². The molecule has 2 rings (SSSR count). The van der Waals surface area contributed by atoms with Crippen molar-refractivity contribution in [1.29, 1.82) is 0 Å². The molecular formula is C12H17NO3S. The Labute approximate surface area is 102 Å². The van der Waals surface area contributed by atoms with E-state index in [1.807, 2.05) is 0 Å². The van der Waals surface area contributed by atoms with Crippen LogP contribution in [0.15, 0.2) is 24.3 Å². The Morgan fingerprint density at radius 2 is 2.24 bits per heavy atom. The molecule has 0 radical (unpaired) electrons. The highest BCUT2D eigenvalue weighted by molar-refractivity contribution is 7.90. The van der Waals surface area contributed by atoms with Crippen LogP contribution in [0.4, 0.5) is 5.69 Å². The molecule has 1 fully saturated rings. The highest BCUT2D eigenvalue weighted by atomic mass is 32.2. The molecule has 1 saturated heterocycles. The van der Waals surface area contributed by atoms with Crippen LogP contribution < -0.4 is 5.73 Å². The Morgan fingerprint density at radius 1 is 1.41 bits per heavy atom. The molecule has 17 heavy (non-hydrogen) atoms. The molecule has 0 aliphatic carbocycles. The Morgan fingerprint density at radius 3 is 2.88 bits per heavy atom. The lowest BCUT2D eigenvalue weighted by atomic mass is 10.2. The third-order valence-corrected chi connectivity index (χ3v) is 4.45. The highest BCUT2D eigenvalue weighted by Crippen LogP contribution is 2.17. The second kappa shape index (κ2) is 5.06. The summed E-state index contributed by atoms with van der Waals surface area (Å²) < 4.78 is 29.2. The van der Waals surface area contributed by atoms with Gasteiger partial charge in [0.2, 0.25) is 0 Å². The minimum Gasteiger partial charge on any atom is -0.399 e. The molecule has 0 amide bonds. The molecule has 0 bridgehead atoms. The predicted molar refractivity (Wildman–Crippen MR) is 67.3 cm³/mol. The second-order valence-electron chi connectivity index (χ2n) is 4.43. The number of anilines is 1. The van der Waals surface area contributed by atoms with Gasteiger partial charge in [-0.1, -0.05) is 12.1 Å². The van der Waals surface area contributed by atoms with E-state index in [1.54, 1.807) is 24.3 Å². The maximum Gasteiger partial charge on any atom is 0.156 e. The minimum atomic E-state index is -3.12. The molecule has 1 heterocycles. The standard InChI is InChI=1S/C12H17NO3S/c13-11-4-1-3-10(7-11)8-17(14,15)9-12-5-2-6-16-12/h1,3-4,7,12H,2,5-6,8-9,13H2. The van der Waals surface area contributed by atoms with Crippen LogP contribution in [0.1, 0.15) is 18.4 Å². The van der Waals surface area contributed by atoms with Gasteiger partial charge in [-0.05, 0) is 30.5 Å². The third kappa shape index (κ3) is 3.71. The summed E-state index contributed by atoms with van der Waals surface area (Å²) in [7, 11) is -3.12. The summed E-state index contributed by atoms with van der Waals surface area (Å²) in [6.07, 6.45) is 1.68. The molecule has 94 valence electrons. The first-order valence-electron chi connectivity index (χ1n) is 5.72. The largest absolute Gasteiger partial charge is 0.399 e. The van der Waals surface area contributed by atoms with Gasteiger partial charge in [0.1, 0.15) is 0 Å². The summed E-state index contributed by atoms with van der Waals surface area (Å²) in [5.41, 5.74) is 6.95. The molecule has 1 aliphatic rings. The van der Waals surface area contributed by atoms with E-state index in [4.69, 9.17) is 10.5 Å². The molecule has 0 spiro atoms. The van der Waals surface area contributed by atoms with Gasteiger partial charge in [0.25, 0.3) is 0 Å². The molecule has 1 aromatic carbocycles. The molecule has 0 aromatic heterocycles. The van der Waals surface area contributed by atoms with Crippen LogP contribution >= 0.6 is 0 Å². The number of sulfone groups is 1. The Balaban J connectivity index is 2.01. The maximum absolute atomic E-state index is 11.9. The van der Waals surface area contributed by atoms with E-state index >= 15 is 0 Å². The fourth-order valence-corrected chi connectivity index (χ4v) is 3.69. The number of hydrogen-bond acceptors (Lipinski definition) is 4. The minimum absolute atomic E-state index is 0.0396. The first-order valence-corrected chi connectivity index (χ1v) is 7.54. The SMILES string of the molecule is Nc1cccc(CS(=O)(=O)CC2CCCO2)c1. The van der Waals surface area contributed by atoms with Gasteiger partial charge in [0.15, 0.2) is 9.84 Å². The van der Waals surface area contributed by atoms with Crippen molar-refractivity contribution < 1.29 is 13.2 Å². The summed E-state index contributed by atoms with van der Waals surface area (Å²) in [6, 6.07) is 7.00. The fraction of sp³-hybridized carbons (Fsp3) is 0.500. The molecule has 4 nitrogen and oxygen atoms in total. The monoisotopic (exact) mass is 255 g/mol. The molecule has 1 aliphatic heterocycles. The third-order valence-electron chi connectivity index (χ3n) is 2.80. The van der Waals surface area contributed by atoms with Gasteiger partial charge < -0.3 is 10.5 Å². The second-order valence-corrected chi connectivity index (χ2v) is 6.54. The van der Waals surface area contributed by atoms with Crippen molar-refractivity contribution in [1.82, 2.24) is 0 Å². The quantitative estimate of drug-likeness (QED) is 0.825. The lowest BCUT2D eigenvalue weighted by molar-refractivity contribution is 0.127. The fourth-order valence-electron chi connectivity index (χ4n) is 2.05. The average Bonchev–Trinajstić information content (AvgIpc) is 2.68. The summed E-state index contributed by atoms with van der Waals surface area (Å²) in [5, 5.41) is 0. The summed E-state index contributed by atoms with van der Waals surface area (Å²) in [6.45, 7) is 0.679. The van der Waals surface area contributed by atoms with E-state index in [2.05, 4.69) is 0 Å². The van der Waals surface area contributed by atoms with Crippen molar-refractivity contribution in [2.45, 2.75) is 24.7 Å². The van der Waals surface area contributed by atoms with Crippen molar-refractivity contribution in [3.8, 4) is 0 Å². The number of benzene rings is 1. The van der Waals surface area contributed by atoms with Gasteiger partial charge >= 0.3 is 0 Å². The zero-order chi connectivity index (χ0) is 12.3. The lowest BCUT2D eigenvalue weighted by Gasteiger charge is -2.10. The van der Waals surface area contributed by atoms with E-state index in [9.17, 15) is 8.42 Å². The van der Waals surface area contributed by atoms with Crippen molar-refractivity contribution in [3.63, 3.8) is 0 Å². The molecule has 5 heteroatoms. The van der Waals surface area contributed by atoms with Gasteiger partial charge in [-0.3, -0.25) is 0 Å². The van der Waals surface area contributed by atoms with Crippen LogP contribution in [0.5, 0.6) is 0 Å².